The summed E-state index contributed by atoms with van der Waals surface area (Å²) in [5.74, 6) is 1.28. The van der Waals surface area contributed by atoms with Gasteiger partial charge in [0, 0.05) is 37.9 Å². The molecule has 7 nitrogen and oxygen atoms in total. The van der Waals surface area contributed by atoms with E-state index >= 15 is 0 Å². The molecule has 0 unspecified atom stereocenters. The van der Waals surface area contributed by atoms with Crippen molar-refractivity contribution in [3.05, 3.63) is 23.7 Å². The van der Waals surface area contributed by atoms with Crippen molar-refractivity contribution in [2.45, 2.75) is 38.3 Å². The van der Waals surface area contributed by atoms with Crippen LogP contribution in [-0.4, -0.2) is 64.9 Å². The summed E-state index contributed by atoms with van der Waals surface area (Å²) in [6, 6.07) is 3.10. The molecule has 4 heterocycles. The molecule has 2 aromatic heterocycles. The molecule has 0 amide bonds. The van der Waals surface area contributed by atoms with Crippen LogP contribution in [0.1, 0.15) is 26.2 Å². The zero-order valence-electron chi connectivity index (χ0n) is 15.1. The molecular weight excluding hydrogens is 352 g/mol. The molecule has 1 atom stereocenters. The Bertz CT molecular complexity index is 718. The number of piperazine rings is 1. The Hall–Kier alpha value is -1.70. The van der Waals surface area contributed by atoms with Crippen molar-refractivity contribution in [1.29, 1.82) is 0 Å². The molecule has 4 rings (SSSR count). The fourth-order valence-electron chi connectivity index (χ4n) is 4.12. The molecule has 2 aliphatic heterocycles. The molecule has 0 radical (unpaired) electrons. The molecule has 2 aliphatic rings. The van der Waals surface area contributed by atoms with Crippen LogP contribution in [0.3, 0.4) is 0 Å². The van der Waals surface area contributed by atoms with Crippen LogP contribution in [0, 0.1) is 0 Å². The summed E-state index contributed by atoms with van der Waals surface area (Å²) < 4.78 is 5.23. The minimum absolute atomic E-state index is 0.438. The number of hydrogen-bond donors (Lipinski definition) is 1. The van der Waals surface area contributed by atoms with E-state index in [1.807, 2.05) is 6.07 Å². The van der Waals surface area contributed by atoms with Crippen LogP contribution >= 0.6 is 11.6 Å². The number of anilines is 1. The molecular formula is C18H25ClN6O. The van der Waals surface area contributed by atoms with E-state index < -0.39 is 0 Å². The van der Waals surface area contributed by atoms with Crippen LogP contribution < -0.4 is 10.2 Å². The van der Waals surface area contributed by atoms with Gasteiger partial charge in [-0.2, -0.15) is 0 Å². The average Bonchev–Trinajstić information content (AvgIpc) is 3.23. The van der Waals surface area contributed by atoms with Crippen LogP contribution in [0.2, 0.25) is 5.02 Å². The fraction of sp³-hybridized carbons (Fsp3) is 0.611. The zero-order valence-corrected chi connectivity index (χ0v) is 15.8. The van der Waals surface area contributed by atoms with E-state index in [-0.39, 0.29) is 0 Å². The maximum atomic E-state index is 6.54. The van der Waals surface area contributed by atoms with Crippen molar-refractivity contribution in [3.63, 3.8) is 0 Å². The molecule has 26 heavy (non-hydrogen) atoms. The van der Waals surface area contributed by atoms with E-state index in [0.29, 0.717) is 23.0 Å². The van der Waals surface area contributed by atoms with E-state index in [0.717, 1.165) is 50.5 Å². The van der Waals surface area contributed by atoms with Gasteiger partial charge < -0.3 is 14.6 Å². The van der Waals surface area contributed by atoms with Crippen molar-refractivity contribution in [2.24, 2.45) is 0 Å². The lowest BCUT2D eigenvalue weighted by Crippen LogP contribution is -2.58. The summed E-state index contributed by atoms with van der Waals surface area (Å²) in [6.07, 6.45) is 6.69. The van der Waals surface area contributed by atoms with Crippen LogP contribution in [0.5, 0.6) is 0 Å². The quantitative estimate of drug-likeness (QED) is 0.878. The van der Waals surface area contributed by atoms with Gasteiger partial charge in [0.15, 0.2) is 0 Å². The molecule has 8 heteroatoms. The normalized spacial score (nSPS) is 22.7. The largest absolute Gasteiger partial charge is 0.423 e. The number of hydrogen-bond acceptors (Lipinski definition) is 7. The van der Waals surface area contributed by atoms with Crippen molar-refractivity contribution in [2.75, 3.05) is 37.6 Å². The summed E-state index contributed by atoms with van der Waals surface area (Å²) in [5.41, 5.74) is 0.747. The third-order valence-corrected chi connectivity index (χ3v) is 5.78. The van der Waals surface area contributed by atoms with E-state index in [1.165, 1.54) is 19.2 Å². The lowest BCUT2D eigenvalue weighted by Gasteiger charge is -2.46. The molecule has 0 spiro atoms. The average molecular weight is 377 g/mol. The maximum Gasteiger partial charge on any atom is 0.249 e. The van der Waals surface area contributed by atoms with Gasteiger partial charge >= 0.3 is 0 Å². The number of piperidine rings is 1. The van der Waals surface area contributed by atoms with E-state index in [2.05, 4.69) is 37.2 Å². The fourth-order valence-corrected chi connectivity index (χ4v) is 4.41. The number of rotatable bonds is 4. The van der Waals surface area contributed by atoms with E-state index in [1.54, 1.807) is 6.20 Å². The molecule has 1 N–H and O–H groups in total. The van der Waals surface area contributed by atoms with Crippen molar-refractivity contribution < 1.29 is 4.42 Å². The first kappa shape index (κ1) is 17.7. The molecule has 2 aromatic rings. The van der Waals surface area contributed by atoms with Gasteiger partial charge in [-0.25, -0.2) is 4.98 Å². The molecule has 0 aromatic carbocycles. The number of pyridine rings is 1. The van der Waals surface area contributed by atoms with Crippen LogP contribution in [0.25, 0.3) is 11.5 Å². The summed E-state index contributed by atoms with van der Waals surface area (Å²) in [6.45, 7) is 7.51. The second-order valence-electron chi connectivity index (χ2n) is 7.00. The first-order chi connectivity index (χ1) is 12.8. The molecule has 0 bridgehead atoms. The minimum atomic E-state index is 0.438. The Morgan fingerprint density at radius 3 is 2.85 bits per heavy atom. The minimum Gasteiger partial charge on any atom is -0.423 e. The van der Waals surface area contributed by atoms with Gasteiger partial charge in [0.05, 0.1) is 10.6 Å². The second kappa shape index (κ2) is 7.90. The van der Waals surface area contributed by atoms with E-state index in [4.69, 9.17) is 16.0 Å². The SMILES string of the molecule is CC[C@H]1CN(c2ncc(-c3nnco3)cc2Cl)CCN1C1CCNCC1. The van der Waals surface area contributed by atoms with Gasteiger partial charge in [-0.15, -0.1) is 10.2 Å². The van der Waals surface area contributed by atoms with Crippen LogP contribution in [0.15, 0.2) is 23.1 Å². The standard InChI is InChI=1S/C18H25ClN6O/c1-2-14-11-24(7-8-25(14)15-3-5-20-6-4-15)17-16(19)9-13(10-21-17)18-23-22-12-26-18/h9-10,12,14-15,20H,2-8,11H2,1H3/t14-/m0/s1. The number of nitrogens with one attached hydrogen (secondary N) is 1. The highest BCUT2D eigenvalue weighted by atomic mass is 35.5. The van der Waals surface area contributed by atoms with E-state index in [9.17, 15) is 0 Å². The molecule has 2 fully saturated rings. The van der Waals surface area contributed by atoms with Gasteiger partial charge in [0.1, 0.15) is 5.82 Å². The molecule has 140 valence electrons. The summed E-state index contributed by atoms with van der Waals surface area (Å²) in [5, 5.41) is 11.7. The highest BCUT2D eigenvalue weighted by Gasteiger charge is 2.32. The first-order valence-electron chi connectivity index (χ1n) is 9.39. The van der Waals surface area contributed by atoms with Crippen molar-refractivity contribution >= 4 is 17.4 Å². The monoisotopic (exact) mass is 376 g/mol. The Morgan fingerprint density at radius 1 is 1.31 bits per heavy atom. The maximum absolute atomic E-state index is 6.54. The third-order valence-electron chi connectivity index (χ3n) is 5.51. The van der Waals surface area contributed by atoms with Gasteiger partial charge in [-0.05, 0) is 38.4 Å². The molecule has 2 saturated heterocycles. The predicted molar refractivity (Wildman–Crippen MR) is 101 cm³/mol. The van der Waals surface area contributed by atoms with Gasteiger partial charge in [0.2, 0.25) is 12.3 Å². The second-order valence-corrected chi connectivity index (χ2v) is 7.41. The van der Waals surface area contributed by atoms with Crippen molar-refractivity contribution in [3.8, 4) is 11.5 Å². The summed E-state index contributed by atoms with van der Waals surface area (Å²) >= 11 is 6.54. The molecule has 0 saturated carbocycles. The Balaban J connectivity index is 1.48. The van der Waals surface area contributed by atoms with Crippen LogP contribution in [0.4, 0.5) is 5.82 Å². The lowest BCUT2D eigenvalue weighted by atomic mass is 9.99. The Kier molecular flexibility index (Phi) is 5.38. The first-order valence-corrected chi connectivity index (χ1v) is 9.77. The van der Waals surface area contributed by atoms with Gasteiger partial charge in [-0.3, -0.25) is 4.90 Å². The highest BCUT2D eigenvalue weighted by Crippen LogP contribution is 2.31. The predicted octanol–water partition coefficient (Wildman–Crippen LogP) is 2.44. The lowest BCUT2D eigenvalue weighted by molar-refractivity contribution is 0.0936. The van der Waals surface area contributed by atoms with Gasteiger partial charge in [0.25, 0.3) is 0 Å². The number of halogens is 1. The van der Waals surface area contributed by atoms with Crippen molar-refractivity contribution in [1.82, 2.24) is 25.4 Å². The topological polar surface area (TPSA) is 70.3 Å². The zero-order chi connectivity index (χ0) is 17.9. The smallest absolute Gasteiger partial charge is 0.249 e. The highest BCUT2D eigenvalue weighted by molar-refractivity contribution is 6.33. The van der Waals surface area contributed by atoms with Gasteiger partial charge in [-0.1, -0.05) is 18.5 Å². The third kappa shape index (κ3) is 3.56. The summed E-state index contributed by atoms with van der Waals surface area (Å²) in [4.78, 5) is 9.62. The number of aromatic nitrogens is 3. The van der Waals surface area contributed by atoms with Crippen LogP contribution in [-0.2, 0) is 0 Å². The Labute approximate surface area is 158 Å². The Morgan fingerprint density at radius 2 is 2.15 bits per heavy atom. The summed E-state index contributed by atoms with van der Waals surface area (Å²) in [7, 11) is 0. The number of nitrogens with zero attached hydrogens (tertiary/aromatic N) is 5. The molecule has 0 aliphatic carbocycles.